The number of benzene rings is 2. The van der Waals surface area contributed by atoms with Crippen molar-refractivity contribution in [2.24, 2.45) is 5.92 Å². The number of sulfonamides is 1. The number of amides is 1. The Morgan fingerprint density at radius 1 is 1.18 bits per heavy atom. The normalized spacial score (nSPS) is 15.4. The molecular weight excluding hydrogens is 396 g/mol. The van der Waals surface area contributed by atoms with Gasteiger partial charge in [0.25, 0.3) is 10.0 Å². The van der Waals surface area contributed by atoms with Gasteiger partial charge in [-0.15, -0.1) is 0 Å². The number of nitrogens with zero attached hydrogens (tertiary/aromatic N) is 1. The maximum absolute atomic E-state index is 12.5. The molecule has 1 N–H and O–H groups in total. The summed E-state index contributed by atoms with van der Waals surface area (Å²) in [4.78, 5) is 14.1. The van der Waals surface area contributed by atoms with E-state index in [1.807, 2.05) is 7.05 Å². The summed E-state index contributed by atoms with van der Waals surface area (Å²) < 4.78 is 27.5. The van der Waals surface area contributed by atoms with Crippen LogP contribution >= 0.6 is 11.6 Å². The lowest BCUT2D eigenvalue weighted by Gasteiger charge is -2.23. The third kappa shape index (κ3) is 4.94. The highest BCUT2D eigenvalue weighted by Crippen LogP contribution is 2.34. The zero-order valence-electron chi connectivity index (χ0n) is 15.8. The van der Waals surface area contributed by atoms with Gasteiger partial charge in [-0.2, -0.15) is 0 Å². The lowest BCUT2D eigenvalue weighted by Crippen LogP contribution is -2.35. The number of halogens is 1. The number of hydrogen-bond acceptors (Lipinski definition) is 3. The van der Waals surface area contributed by atoms with Gasteiger partial charge in [0.2, 0.25) is 5.91 Å². The number of carbonyl (C=O) groups is 1. The molecule has 1 aliphatic rings. The van der Waals surface area contributed by atoms with Crippen molar-refractivity contribution in [1.82, 2.24) is 4.90 Å². The Morgan fingerprint density at radius 2 is 1.82 bits per heavy atom. The van der Waals surface area contributed by atoms with Crippen molar-refractivity contribution in [3.05, 3.63) is 65.2 Å². The van der Waals surface area contributed by atoms with Gasteiger partial charge in [0, 0.05) is 19.2 Å². The van der Waals surface area contributed by atoms with Gasteiger partial charge in [-0.05, 0) is 61.6 Å². The van der Waals surface area contributed by atoms with E-state index in [2.05, 4.69) is 11.6 Å². The van der Waals surface area contributed by atoms with E-state index in [0.29, 0.717) is 16.6 Å². The molecule has 0 saturated heterocycles. The van der Waals surface area contributed by atoms with Crippen LogP contribution in [0.15, 0.2) is 59.5 Å². The van der Waals surface area contributed by atoms with Crippen LogP contribution in [0.1, 0.15) is 25.3 Å². The van der Waals surface area contributed by atoms with Crippen LogP contribution in [0.4, 0.5) is 5.69 Å². The van der Waals surface area contributed by atoms with Crippen LogP contribution < -0.4 is 4.72 Å². The van der Waals surface area contributed by atoms with Crippen LogP contribution in [-0.2, 0) is 14.8 Å². The predicted octanol–water partition coefficient (Wildman–Crippen LogP) is 4.41. The van der Waals surface area contributed by atoms with Crippen molar-refractivity contribution in [3.63, 3.8) is 0 Å². The third-order valence-electron chi connectivity index (χ3n) is 4.99. The summed E-state index contributed by atoms with van der Waals surface area (Å²) in [5.74, 6) is 0.550. The van der Waals surface area contributed by atoms with Crippen molar-refractivity contribution in [2.45, 2.75) is 30.7 Å². The highest BCUT2D eigenvalue weighted by molar-refractivity contribution is 7.92. The van der Waals surface area contributed by atoms with Crippen molar-refractivity contribution in [3.8, 4) is 0 Å². The molecule has 0 aromatic heterocycles. The average molecular weight is 419 g/mol. The summed E-state index contributed by atoms with van der Waals surface area (Å²) in [7, 11) is -1.93. The molecule has 148 valence electrons. The van der Waals surface area contributed by atoms with E-state index in [-0.39, 0.29) is 16.8 Å². The number of para-hydroxylation sites is 1. The third-order valence-corrected chi connectivity index (χ3v) is 6.70. The largest absolute Gasteiger partial charge is 0.339 e. The fourth-order valence-corrected chi connectivity index (χ4v) is 4.21. The molecule has 0 bridgehead atoms. The molecule has 2 aromatic carbocycles. The first-order valence-electron chi connectivity index (χ1n) is 9.10. The Bertz CT molecular complexity index is 983. The van der Waals surface area contributed by atoms with Gasteiger partial charge in [-0.1, -0.05) is 35.9 Å². The minimum absolute atomic E-state index is 0.0588. The Balaban J connectivity index is 1.67. The van der Waals surface area contributed by atoms with Crippen LogP contribution in [0.2, 0.25) is 5.02 Å². The average Bonchev–Trinajstić information content (AvgIpc) is 3.52. The van der Waals surface area contributed by atoms with Crippen LogP contribution in [-0.4, -0.2) is 32.3 Å². The summed E-state index contributed by atoms with van der Waals surface area (Å²) in [6, 6.07) is 13.2. The Kier molecular flexibility index (Phi) is 6.10. The topological polar surface area (TPSA) is 66.5 Å². The second-order valence-corrected chi connectivity index (χ2v) is 9.10. The molecule has 1 unspecified atom stereocenters. The maximum Gasteiger partial charge on any atom is 0.261 e. The molecule has 0 heterocycles. The summed E-state index contributed by atoms with van der Waals surface area (Å²) in [6.07, 6.45) is 5.57. The van der Waals surface area contributed by atoms with Crippen molar-refractivity contribution >= 4 is 39.3 Å². The van der Waals surface area contributed by atoms with E-state index in [0.717, 1.165) is 5.56 Å². The number of anilines is 1. The monoisotopic (exact) mass is 418 g/mol. The number of likely N-dealkylation sites (N-methyl/N-ethyl adjacent to an activating group) is 1. The van der Waals surface area contributed by atoms with Crippen molar-refractivity contribution in [2.75, 3.05) is 11.8 Å². The molecule has 1 aliphatic carbocycles. The van der Waals surface area contributed by atoms with Gasteiger partial charge < -0.3 is 4.90 Å². The van der Waals surface area contributed by atoms with E-state index in [1.165, 1.54) is 31.1 Å². The van der Waals surface area contributed by atoms with Crippen LogP contribution in [0.3, 0.4) is 0 Å². The first-order valence-corrected chi connectivity index (χ1v) is 11.0. The van der Waals surface area contributed by atoms with Gasteiger partial charge >= 0.3 is 0 Å². The molecule has 1 fully saturated rings. The highest BCUT2D eigenvalue weighted by Gasteiger charge is 2.31. The van der Waals surface area contributed by atoms with E-state index in [4.69, 9.17) is 11.6 Å². The standard InChI is InChI=1S/C21H23ClN2O3S/c1-15(17-10-11-17)24(2)21(25)14-9-16-7-12-18(13-8-16)28(26,27)23-20-6-4-3-5-19(20)22/h3-9,12-15,17,23H,10-11H2,1-2H3/b14-9+. The highest BCUT2D eigenvalue weighted by atomic mass is 35.5. The van der Waals surface area contributed by atoms with E-state index in [1.54, 1.807) is 47.4 Å². The molecule has 0 radical (unpaired) electrons. The lowest BCUT2D eigenvalue weighted by molar-refractivity contribution is -0.126. The summed E-state index contributed by atoms with van der Waals surface area (Å²) in [6.45, 7) is 2.06. The van der Waals surface area contributed by atoms with Gasteiger partial charge in [-0.25, -0.2) is 8.42 Å². The lowest BCUT2D eigenvalue weighted by atomic mass is 10.1. The molecule has 0 aliphatic heterocycles. The van der Waals surface area contributed by atoms with Gasteiger partial charge in [0.15, 0.2) is 0 Å². The summed E-state index contributed by atoms with van der Waals surface area (Å²) in [5, 5.41) is 0.327. The fourth-order valence-electron chi connectivity index (χ4n) is 2.89. The molecule has 28 heavy (non-hydrogen) atoms. The second kappa shape index (κ2) is 8.37. The molecule has 0 spiro atoms. The number of rotatable bonds is 7. The zero-order valence-corrected chi connectivity index (χ0v) is 17.4. The van der Waals surface area contributed by atoms with E-state index < -0.39 is 10.0 Å². The zero-order chi connectivity index (χ0) is 20.3. The SMILES string of the molecule is CC(C1CC1)N(C)C(=O)/C=C/c1ccc(S(=O)(=O)Nc2ccccc2Cl)cc1. The van der Waals surface area contributed by atoms with Crippen LogP contribution in [0, 0.1) is 5.92 Å². The molecule has 1 saturated carbocycles. The number of carbonyl (C=O) groups excluding carboxylic acids is 1. The molecule has 3 rings (SSSR count). The number of nitrogens with one attached hydrogen (secondary N) is 1. The molecule has 7 heteroatoms. The minimum Gasteiger partial charge on any atom is -0.339 e. The first kappa shape index (κ1) is 20.4. The quantitative estimate of drug-likeness (QED) is 0.677. The Labute approximate surface area is 171 Å². The molecule has 2 aromatic rings. The predicted molar refractivity (Wildman–Crippen MR) is 113 cm³/mol. The smallest absolute Gasteiger partial charge is 0.261 e. The first-order chi connectivity index (χ1) is 13.3. The van der Waals surface area contributed by atoms with E-state index in [9.17, 15) is 13.2 Å². The maximum atomic E-state index is 12.5. The second-order valence-electron chi connectivity index (χ2n) is 7.01. The summed E-state index contributed by atoms with van der Waals surface area (Å²) in [5.41, 5.74) is 1.07. The van der Waals surface area contributed by atoms with E-state index >= 15 is 0 Å². The van der Waals surface area contributed by atoms with Gasteiger partial charge in [0.05, 0.1) is 15.6 Å². The Hall–Kier alpha value is -2.31. The molecule has 5 nitrogen and oxygen atoms in total. The van der Waals surface area contributed by atoms with Crippen molar-refractivity contribution in [1.29, 1.82) is 0 Å². The van der Waals surface area contributed by atoms with Gasteiger partial charge in [-0.3, -0.25) is 9.52 Å². The molecule has 1 atom stereocenters. The minimum atomic E-state index is -3.74. The van der Waals surface area contributed by atoms with Gasteiger partial charge in [0.1, 0.15) is 0 Å². The number of hydrogen-bond donors (Lipinski definition) is 1. The van der Waals surface area contributed by atoms with Crippen LogP contribution in [0.5, 0.6) is 0 Å². The van der Waals surface area contributed by atoms with Crippen LogP contribution in [0.25, 0.3) is 6.08 Å². The summed E-state index contributed by atoms with van der Waals surface area (Å²) >= 11 is 6.01. The molecule has 1 amide bonds. The fraction of sp³-hybridized carbons (Fsp3) is 0.286. The van der Waals surface area contributed by atoms with Crippen molar-refractivity contribution < 1.29 is 13.2 Å². The Morgan fingerprint density at radius 3 is 2.43 bits per heavy atom. The molecular formula is C21H23ClN2O3S.